The van der Waals surface area contributed by atoms with Gasteiger partial charge >= 0.3 is 0 Å². The van der Waals surface area contributed by atoms with Gasteiger partial charge in [-0.3, -0.25) is 0 Å². The minimum Gasteiger partial charge on any atom is -0.495 e. The molecule has 0 aliphatic carbocycles. The summed E-state index contributed by atoms with van der Waals surface area (Å²) in [7, 11) is 1.64. The molecular formula is C19H19ClO. The van der Waals surface area contributed by atoms with Crippen LogP contribution in [-0.4, -0.2) is 7.11 Å². The molecule has 21 heavy (non-hydrogen) atoms. The predicted octanol–water partition coefficient (Wildman–Crippen LogP) is 6.12. The van der Waals surface area contributed by atoms with Gasteiger partial charge < -0.3 is 4.74 Å². The summed E-state index contributed by atoms with van der Waals surface area (Å²) in [5.74, 6) is 0.693. The van der Waals surface area contributed by atoms with Crippen LogP contribution in [0.25, 0.3) is 22.9 Å². The molecule has 0 amide bonds. The standard InChI is InChI=1S/C19H19ClO/c1-6-14-15-9-7-8-10-16(15)19(21-5)18(20)17(14)11-13(4)12(2)3/h6-11H,1-2H2,3-5H3/b13-11+. The van der Waals surface area contributed by atoms with Crippen LogP contribution in [0.4, 0.5) is 0 Å². The van der Waals surface area contributed by atoms with E-state index in [0.29, 0.717) is 10.8 Å². The quantitative estimate of drug-likeness (QED) is 0.617. The summed E-state index contributed by atoms with van der Waals surface area (Å²) in [4.78, 5) is 0. The van der Waals surface area contributed by atoms with Crippen molar-refractivity contribution in [2.24, 2.45) is 0 Å². The van der Waals surface area contributed by atoms with Crippen LogP contribution in [0.1, 0.15) is 25.0 Å². The topological polar surface area (TPSA) is 9.23 Å². The Balaban J connectivity index is 2.93. The number of benzene rings is 2. The third-order valence-corrected chi connectivity index (χ3v) is 4.01. The first-order chi connectivity index (χ1) is 10.0. The van der Waals surface area contributed by atoms with Crippen LogP contribution < -0.4 is 4.74 Å². The highest BCUT2D eigenvalue weighted by molar-refractivity contribution is 6.35. The summed E-state index contributed by atoms with van der Waals surface area (Å²) < 4.78 is 5.52. The Morgan fingerprint density at radius 3 is 2.29 bits per heavy atom. The van der Waals surface area contributed by atoms with Crippen LogP contribution in [0.2, 0.25) is 5.02 Å². The highest BCUT2D eigenvalue weighted by Crippen LogP contribution is 2.41. The van der Waals surface area contributed by atoms with Crippen LogP contribution in [-0.2, 0) is 0 Å². The molecule has 0 atom stereocenters. The second-order valence-corrected chi connectivity index (χ2v) is 5.41. The monoisotopic (exact) mass is 298 g/mol. The number of halogens is 1. The van der Waals surface area contributed by atoms with Gasteiger partial charge in [0.25, 0.3) is 0 Å². The van der Waals surface area contributed by atoms with E-state index >= 15 is 0 Å². The first-order valence-corrected chi connectivity index (χ1v) is 7.13. The zero-order valence-electron chi connectivity index (χ0n) is 12.7. The molecule has 0 saturated heterocycles. The second-order valence-electron chi connectivity index (χ2n) is 5.03. The number of hydrogen-bond acceptors (Lipinski definition) is 1. The molecule has 2 aromatic rings. The summed E-state index contributed by atoms with van der Waals surface area (Å²) in [6, 6.07) is 8.04. The molecule has 1 nitrogen and oxygen atoms in total. The summed E-state index contributed by atoms with van der Waals surface area (Å²) >= 11 is 6.57. The molecule has 0 heterocycles. The number of allylic oxidation sites excluding steroid dienone is 2. The van der Waals surface area contributed by atoms with Crippen molar-refractivity contribution < 1.29 is 4.74 Å². The van der Waals surface area contributed by atoms with Crippen molar-refractivity contribution in [3.63, 3.8) is 0 Å². The van der Waals surface area contributed by atoms with Gasteiger partial charge in [-0.25, -0.2) is 0 Å². The lowest BCUT2D eigenvalue weighted by Crippen LogP contribution is -1.94. The first kappa shape index (κ1) is 15.4. The zero-order chi connectivity index (χ0) is 15.6. The maximum absolute atomic E-state index is 6.57. The Labute approximate surface area is 131 Å². The van der Waals surface area contributed by atoms with Crippen LogP contribution >= 0.6 is 11.6 Å². The van der Waals surface area contributed by atoms with E-state index in [0.717, 1.165) is 33.0 Å². The normalized spacial score (nSPS) is 11.5. The third-order valence-electron chi connectivity index (χ3n) is 3.63. The van der Waals surface area contributed by atoms with Crippen LogP contribution in [0.3, 0.4) is 0 Å². The minimum absolute atomic E-state index is 0.603. The molecule has 2 aromatic carbocycles. The van der Waals surface area contributed by atoms with E-state index in [1.54, 1.807) is 7.11 Å². The highest BCUT2D eigenvalue weighted by atomic mass is 35.5. The van der Waals surface area contributed by atoms with E-state index in [4.69, 9.17) is 16.3 Å². The lowest BCUT2D eigenvalue weighted by atomic mass is 9.95. The fourth-order valence-corrected chi connectivity index (χ4v) is 2.66. The number of methoxy groups -OCH3 is 1. The third kappa shape index (κ3) is 2.74. The van der Waals surface area contributed by atoms with E-state index in [1.165, 1.54) is 0 Å². The summed E-state index contributed by atoms with van der Waals surface area (Å²) in [5.41, 5.74) is 4.02. The molecule has 0 saturated carbocycles. The Bertz CT molecular complexity index is 754. The lowest BCUT2D eigenvalue weighted by Gasteiger charge is -2.15. The van der Waals surface area contributed by atoms with Crippen LogP contribution in [0, 0.1) is 0 Å². The minimum atomic E-state index is 0.603. The fourth-order valence-electron chi connectivity index (χ4n) is 2.32. The molecule has 0 radical (unpaired) electrons. The van der Waals surface area contributed by atoms with Gasteiger partial charge in [-0.15, -0.1) is 0 Å². The molecule has 0 aromatic heterocycles. The van der Waals surface area contributed by atoms with Gasteiger partial charge in [0.05, 0.1) is 12.1 Å². The molecule has 0 fully saturated rings. The molecule has 2 rings (SSSR count). The van der Waals surface area contributed by atoms with Crippen LogP contribution in [0.15, 0.2) is 48.6 Å². The van der Waals surface area contributed by atoms with E-state index < -0.39 is 0 Å². The number of hydrogen-bond donors (Lipinski definition) is 0. The van der Waals surface area contributed by atoms with E-state index in [1.807, 2.05) is 44.2 Å². The molecule has 0 aliphatic rings. The number of ether oxygens (including phenoxy) is 1. The van der Waals surface area contributed by atoms with Crippen molar-refractivity contribution in [1.29, 1.82) is 0 Å². The molecule has 0 bridgehead atoms. The van der Waals surface area contributed by atoms with Gasteiger partial charge in [0.2, 0.25) is 0 Å². The summed E-state index contributed by atoms with van der Waals surface area (Å²) in [5, 5.41) is 2.67. The predicted molar refractivity (Wildman–Crippen MR) is 94.1 cm³/mol. The molecule has 0 aliphatic heterocycles. The first-order valence-electron chi connectivity index (χ1n) is 6.76. The molecule has 0 unspecified atom stereocenters. The van der Waals surface area contributed by atoms with Crippen molar-refractivity contribution in [2.45, 2.75) is 13.8 Å². The molecule has 2 heteroatoms. The lowest BCUT2D eigenvalue weighted by molar-refractivity contribution is 0.420. The van der Waals surface area contributed by atoms with Crippen molar-refractivity contribution in [2.75, 3.05) is 7.11 Å². The van der Waals surface area contributed by atoms with Crippen molar-refractivity contribution >= 4 is 34.5 Å². The average Bonchev–Trinajstić information content (AvgIpc) is 2.48. The zero-order valence-corrected chi connectivity index (χ0v) is 13.4. The van der Waals surface area contributed by atoms with Gasteiger partial charge in [-0.05, 0) is 36.4 Å². The van der Waals surface area contributed by atoms with Gasteiger partial charge in [0.15, 0.2) is 0 Å². The SMILES string of the molecule is C=Cc1c(/C=C(\C)C(=C)C)c(Cl)c(OC)c2ccccc12. The summed E-state index contributed by atoms with van der Waals surface area (Å²) in [6.07, 6.45) is 3.88. The summed E-state index contributed by atoms with van der Waals surface area (Å²) in [6.45, 7) is 11.9. The molecule has 0 N–H and O–H groups in total. The van der Waals surface area contributed by atoms with E-state index in [2.05, 4.69) is 19.2 Å². The molecule has 108 valence electrons. The Hall–Kier alpha value is -1.99. The van der Waals surface area contributed by atoms with Crippen molar-refractivity contribution in [1.82, 2.24) is 0 Å². The highest BCUT2D eigenvalue weighted by Gasteiger charge is 2.16. The van der Waals surface area contributed by atoms with Gasteiger partial charge in [-0.2, -0.15) is 0 Å². The maximum Gasteiger partial charge on any atom is 0.145 e. The van der Waals surface area contributed by atoms with Gasteiger partial charge in [-0.1, -0.05) is 60.7 Å². The van der Waals surface area contributed by atoms with E-state index in [9.17, 15) is 0 Å². The Morgan fingerprint density at radius 2 is 1.76 bits per heavy atom. The van der Waals surface area contributed by atoms with Crippen molar-refractivity contribution in [3.05, 3.63) is 64.7 Å². The molecule has 0 spiro atoms. The van der Waals surface area contributed by atoms with Crippen molar-refractivity contribution in [3.8, 4) is 5.75 Å². The second kappa shape index (κ2) is 6.19. The van der Waals surface area contributed by atoms with E-state index in [-0.39, 0.29) is 0 Å². The van der Waals surface area contributed by atoms with Crippen LogP contribution in [0.5, 0.6) is 5.75 Å². The van der Waals surface area contributed by atoms with Gasteiger partial charge in [0.1, 0.15) is 5.75 Å². The maximum atomic E-state index is 6.57. The van der Waals surface area contributed by atoms with Gasteiger partial charge in [0, 0.05) is 10.9 Å². The Kier molecular flexibility index (Phi) is 4.54. The smallest absolute Gasteiger partial charge is 0.145 e. The number of rotatable bonds is 4. The number of fused-ring (bicyclic) bond motifs is 1. The fraction of sp³-hybridized carbons (Fsp3) is 0.158. The Morgan fingerprint density at radius 1 is 1.14 bits per heavy atom. The largest absolute Gasteiger partial charge is 0.495 e. The molecular weight excluding hydrogens is 280 g/mol. The average molecular weight is 299 g/mol.